The van der Waals surface area contributed by atoms with Gasteiger partial charge in [0.25, 0.3) is 5.92 Å². The van der Waals surface area contributed by atoms with Crippen molar-refractivity contribution in [3.05, 3.63) is 88.3 Å². The van der Waals surface area contributed by atoms with Gasteiger partial charge in [-0.1, -0.05) is 24.6 Å². The molecule has 3 heterocycles. The van der Waals surface area contributed by atoms with Gasteiger partial charge < -0.3 is 9.30 Å². The minimum absolute atomic E-state index is 0.0600. The Morgan fingerprint density at radius 3 is 2.33 bits per heavy atom. The van der Waals surface area contributed by atoms with E-state index in [2.05, 4.69) is 15.2 Å². The molecule has 1 aromatic heterocycles. The third kappa shape index (κ3) is 4.68. The number of pyridine rings is 1. The van der Waals surface area contributed by atoms with Gasteiger partial charge in [-0.05, 0) is 49.2 Å². The van der Waals surface area contributed by atoms with E-state index >= 15 is 0 Å². The third-order valence-electron chi connectivity index (χ3n) is 6.77. The van der Waals surface area contributed by atoms with Crippen LogP contribution in [0.4, 0.5) is 22.0 Å². The minimum Gasteiger partial charge on any atom is -0.495 e. The Morgan fingerprint density at radius 1 is 1.05 bits per heavy atom. The fourth-order valence-corrected chi connectivity index (χ4v) is 4.89. The molecule has 2 aliphatic rings. The molecule has 12 heteroatoms. The molecule has 0 radical (unpaired) electrons. The largest absolute Gasteiger partial charge is 0.495 e. The maximum Gasteiger partial charge on any atom is 0.271 e. The highest BCUT2D eigenvalue weighted by Crippen LogP contribution is 2.41. The monoisotopic (exact) mass is 575 g/mol. The predicted octanol–water partition coefficient (Wildman–Crippen LogP) is 7.73. The number of rotatable bonds is 7. The van der Waals surface area contributed by atoms with Crippen molar-refractivity contribution in [1.29, 1.82) is 0 Å². The smallest absolute Gasteiger partial charge is 0.271 e. The fourth-order valence-electron chi connectivity index (χ4n) is 4.70. The van der Waals surface area contributed by atoms with Crippen LogP contribution in [0.15, 0.2) is 48.9 Å². The van der Waals surface area contributed by atoms with Gasteiger partial charge >= 0.3 is 0 Å². The van der Waals surface area contributed by atoms with Gasteiger partial charge in [-0.15, -0.1) is 10.2 Å². The molecule has 5 rings (SSSR count). The number of fused-ring (bicyclic) bond motifs is 1. The quantitative estimate of drug-likeness (QED) is 0.147. The lowest BCUT2D eigenvalue weighted by Gasteiger charge is -2.25. The Bertz CT molecular complexity index is 1670. The topological polar surface area (TPSA) is 57.8 Å². The number of halogens is 6. The first-order chi connectivity index (χ1) is 18.9. The Labute approximate surface area is 231 Å². The number of alkyl halides is 2. The zero-order valence-corrected chi connectivity index (χ0v) is 22.6. The molecule has 1 unspecified atom stereocenters. The van der Waals surface area contributed by atoms with Gasteiger partial charge in [0, 0.05) is 29.8 Å². The van der Waals surface area contributed by atoms with E-state index in [0.29, 0.717) is 33.5 Å². The number of methoxy groups -OCH3 is 1. The highest BCUT2D eigenvalue weighted by atomic mass is 35.5. The minimum atomic E-state index is -3.26. The summed E-state index contributed by atoms with van der Waals surface area (Å²) in [6, 6.07) is 7.27. The summed E-state index contributed by atoms with van der Waals surface area (Å²) in [6.45, 7) is 4.22. The molecule has 208 valence electrons. The Balaban J connectivity index is 1.67. The molecule has 3 aromatic rings. The van der Waals surface area contributed by atoms with Gasteiger partial charge in [-0.2, -0.15) is 0 Å². The van der Waals surface area contributed by atoms with Crippen LogP contribution in [-0.4, -0.2) is 31.4 Å². The lowest BCUT2D eigenvalue weighted by molar-refractivity contribution is 0.0167. The van der Waals surface area contributed by atoms with Crippen molar-refractivity contribution in [3.63, 3.8) is 0 Å². The average Bonchev–Trinajstić information content (AvgIpc) is 3.49. The molecule has 0 N–H and O–H groups in total. The summed E-state index contributed by atoms with van der Waals surface area (Å²) in [5.74, 6) is -7.01. The molecule has 0 amide bonds. The zero-order chi connectivity index (χ0) is 28.9. The number of hydrogen-bond donors (Lipinski definition) is 0. The van der Waals surface area contributed by atoms with Crippen LogP contribution in [-0.2, 0) is 5.92 Å². The summed E-state index contributed by atoms with van der Waals surface area (Å²) in [5, 5.41) is 8.94. The summed E-state index contributed by atoms with van der Waals surface area (Å²) in [6.07, 6.45) is 2.97. The second-order valence-electron chi connectivity index (χ2n) is 9.41. The summed E-state index contributed by atoms with van der Waals surface area (Å²) in [7, 11) is 1.48. The van der Waals surface area contributed by atoms with Crippen LogP contribution in [0.5, 0.6) is 5.75 Å². The van der Waals surface area contributed by atoms with Crippen LogP contribution in [0.25, 0.3) is 28.3 Å². The Morgan fingerprint density at radius 2 is 1.75 bits per heavy atom. The molecule has 0 saturated heterocycles. The average molecular weight is 576 g/mol. The van der Waals surface area contributed by atoms with Gasteiger partial charge in [0.05, 0.1) is 24.5 Å². The number of aryl methyl sites for hydroxylation is 1. The number of imidazole rings is 1. The lowest BCUT2D eigenvalue weighted by atomic mass is 9.98. The molecule has 0 aliphatic carbocycles. The molecule has 6 nitrogen and oxygen atoms in total. The highest BCUT2D eigenvalue weighted by molar-refractivity contribution is 6.30. The van der Waals surface area contributed by atoms with E-state index in [1.165, 1.54) is 23.9 Å². The predicted molar refractivity (Wildman–Crippen MR) is 140 cm³/mol. The van der Waals surface area contributed by atoms with Crippen LogP contribution in [0.3, 0.4) is 0 Å². The normalized spacial score (nSPS) is 12.8. The summed E-state index contributed by atoms with van der Waals surface area (Å²) < 4.78 is 79.9. The first-order valence-electron chi connectivity index (χ1n) is 12.2. The van der Waals surface area contributed by atoms with Gasteiger partial charge in [-0.3, -0.25) is 4.57 Å². The number of ether oxygens (including phenoxy) is 1. The standard InChI is InChI=1S/C28H23ClF5N5O/c1-5-21(16-8-19(30)24(32)20(31)9-16)38-12-17(28(3,33)34)11-18-25(36-37-27(18)38)15-6-7-22(23(10-15)40-4)39-13-35-14(2)26(39)29/h6-13,21H,5H2,1-4H3. The molecule has 40 heavy (non-hydrogen) atoms. The molecule has 2 aromatic carbocycles. The van der Waals surface area contributed by atoms with E-state index in [0.717, 1.165) is 19.1 Å². The fraction of sp³-hybridized carbons (Fsp3) is 0.250. The summed E-state index contributed by atoms with van der Waals surface area (Å²) >= 11 is 6.37. The molecular formula is C28H23ClF5N5O. The first kappa shape index (κ1) is 27.6. The number of nitrogens with zero attached hydrogens (tertiary/aromatic N) is 5. The van der Waals surface area contributed by atoms with Crippen molar-refractivity contribution < 1.29 is 26.7 Å². The number of aromatic nitrogens is 5. The number of hydrogen-bond acceptors (Lipinski definition) is 4. The second kappa shape index (κ2) is 10.2. The van der Waals surface area contributed by atoms with Crippen LogP contribution in [0.2, 0.25) is 5.15 Å². The molecule has 0 saturated carbocycles. The zero-order valence-electron chi connectivity index (χ0n) is 21.8. The van der Waals surface area contributed by atoms with Crippen molar-refractivity contribution in [2.45, 2.75) is 39.2 Å². The van der Waals surface area contributed by atoms with Gasteiger partial charge in [0.1, 0.15) is 22.9 Å². The van der Waals surface area contributed by atoms with Gasteiger partial charge in [0.2, 0.25) is 0 Å². The van der Waals surface area contributed by atoms with Gasteiger partial charge in [0.15, 0.2) is 23.3 Å². The molecule has 0 spiro atoms. The van der Waals surface area contributed by atoms with Crippen molar-refractivity contribution in [1.82, 2.24) is 24.3 Å². The maximum atomic E-state index is 14.7. The highest BCUT2D eigenvalue weighted by Gasteiger charge is 2.32. The van der Waals surface area contributed by atoms with Crippen LogP contribution in [0.1, 0.15) is 43.1 Å². The van der Waals surface area contributed by atoms with E-state index in [9.17, 15) is 22.0 Å². The van der Waals surface area contributed by atoms with Crippen molar-refractivity contribution in [2.24, 2.45) is 0 Å². The first-order valence-corrected chi connectivity index (χ1v) is 12.6. The van der Waals surface area contributed by atoms with Crippen LogP contribution < -0.4 is 4.74 Å². The van der Waals surface area contributed by atoms with E-state index in [1.54, 1.807) is 42.9 Å². The second-order valence-corrected chi connectivity index (χ2v) is 9.77. The Kier molecular flexibility index (Phi) is 7.03. The summed E-state index contributed by atoms with van der Waals surface area (Å²) in [4.78, 5) is 4.20. The molecule has 2 aliphatic heterocycles. The van der Waals surface area contributed by atoms with Crippen LogP contribution >= 0.6 is 11.6 Å². The van der Waals surface area contributed by atoms with Gasteiger partial charge in [-0.25, -0.2) is 26.9 Å². The maximum absolute atomic E-state index is 14.7. The van der Waals surface area contributed by atoms with E-state index in [-0.39, 0.29) is 28.9 Å². The van der Waals surface area contributed by atoms with Crippen LogP contribution in [0, 0.1) is 24.4 Å². The van der Waals surface area contributed by atoms with Crippen molar-refractivity contribution >= 4 is 11.6 Å². The SMILES string of the molecule is CCC(c1cc(F)c(F)c(F)c1)n1cc(C(C)(F)F)cc2c(-c3ccc(-n4cnc(C)c4Cl)c(OC)c3)nnc1-2. The molecule has 1 atom stereocenters. The molecular weight excluding hydrogens is 553 g/mol. The third-order valence-corrected chi connectivity index (χ3v) is 7.23. The van der Waals surface area contributed by atoms with E-state index in [4.69, 9.17) is 16.3 Å². The summed E-state index contributed by atoms with van der Waals surface area (Å²) in [5.41, 5.74) is 2.02. The van der Waals surface area contributed by atoms with E-state index in [1.807, 2.05) is 0 Å². The molecule has 0 fully saturated rings. The van der Waals surface area contributed by atoms with Crippen molar-refractivity contribution in [2.75, 3.05) is 7.11 Å². The molecule has 0 bridgehead atoms. The van der Waals surface area contributed by atoms with E-state index < -0.39 is 29.4 Å². The number of benzene rings is 2. The van der Waals surface area contributed by atoms with Crippen molar-refractivity contribution in [3.8, 4) is 34.1 Å². The lowest BCUT2D eigenvalue weighted by Crippen LogP contribution is -2.18. The Hall–Kier alpha value is -3.99.